The molecule has 3 aliphatic rings. The van der Waals surface area contributed by atoms with Gasteiger partial charge in [-0.25, -0.2) is 0 Å². The summed E-state index contributed by atoms with van der Waals surface area (Å²) < 4.78 is 0. The zero-order valence-corrected chi connectivity index (χ0v) is 32.7. The third kappa shape index (κ3) is 4.47. The predicted molar refractivity (Wildman–Crippen MR) is 242 cm³/mol. The maximum absolute atomic E-state index is 2.56. The summed E-state index contributed by atoms with van der Waals surface area (Å²) in [6.07, 6.45) is 0.942. The SMILES string of the molecule is CC1(C)c2ccccc2-c2ccc(N(c3ccc4c(c3)C(c3ccccc3)(c3ccccc3)c3c-4ccc4ccccc34)c3cccc4c3-c3ccccc3C4)cc21. The predicted octanol–water partition coefficient (Wildman–Crippen LogP) is 14.6. The number of hydrogen-bond acceptors (Lipinski definition) is 1. The maximum Gasteiger partial charge on any atom is 0.0720 e. The lowest BCUT2D eigenvalue weighted by Crippen LogP contribution is -2.29. The lowest BCUT2D eigenvalue weighted by molar-refractivity contribution is 0.660. The van der Waals surface area contributed by atoms with Gasteiger partial charge in [-0.2, -0.15) is 0 Å². The van der Waals surface area contributed by atoms with Crippen molar-refractivity contribution in [1.29, 1.82) is 0 Å². The van der Waals surface area contributed by atoms with Crippen LogP contribution in [0.1, 0.15) is 58.4 Å². The van der Waals surface area contributed by atoms with Crippen LogP contribution in [0.2, 0.25) is 0 Å². The standard InChI is InChI=1S/C57H41N/c1-56(2)50-26-14-13-25-46(50)47-32-29-42(35-51(47)56)58(53-27-15-18-39-34-38-17-10-11-23-44(38)54(39)53)43-30-33-48-49-31-28-37-16-9-12-24-45(37)55(49)57(52(48)36-43,40-19-5-3-6-20-40)41-21-7-4-8-22-41/h3-33,35-36H,34H2,1-2H3. The summed E-state index contributed by atoms with van der Waals surface area (Å²) in [7, 11) is 0. The average Bonchev–Trinajstić information content (AvgIpc) is 3.89. The van der Waals surface area contributed by atoms with Crippen LogP contribution in [0, 0.1) is 0 Å². The van der Waals surface area contributed by atoms with Crippen LogP contribution >= 0.6 is 0 Å². The molecule has 0 aliphatic heterocycles. The van der Waals surface area contributed by atoms with E-state index in [4.69, 9.17) is 0 Å². The van der Waals surface area contributed by atoms with Crippen LogP contribution in [0.15, 0.2) is 200 Å². The summed E-state index contributed by atoms with van der Waals surface area (Å²) in [6.45, 7) is 4.76. The average molecular weight is 740 g/mol. The van der Waals surface area contributed by atoms with Gasteiger partial charge in [-0.05, 0) is 120 Å². The van der Waals surface area contributed by atoms with Gasteiger partial charge in [0.25, 0.3) is 0 Å². The van der Waals surface area contributed by atoms with Crippen LogP contribution in [0.25, 0.3) is 44.2 Å². The van der Waals surface area contributed by atoms with Gasteiger partial charge in [0, 0.05) is 22.4 Å². The van der Waals surface area contributed by atoms with Crippen molar-refractivity contribution in [2.24, 2.45) is 0 Å². The molecule has 1 heteroatoms. The largest absolute Gasteiger partial charge is 0.310 e. The highest BCUT2D eigenvalue weighted by molar-refractivity contribution is 6.02. The van der Waals surface area contributed by atoms with Gasteiger partial charge in [-0.3, -0.25) is 0 Å². The molecule has 0 atom stereocenters. The maximum atomic E-state index is 2.56. The van der Waals surface area contributed by atoms with E-state index in [2.05, 4.69) is 219 Å². The molecule has 0 saturated carbocycles. The van der Waals surface area contributed by atoms with E-state index in [-0.39, 0.29) is 5.41 Å². The Morgan fingerprint density at radius 2 is 0.983 bits per heavy atom. The normalized spacial score (nSPS) is 14.6. The summed E-state index contributed by atoms with van der Waals surface area (Å²) in [5.41, 5.74) is 21.5. The summed E-state index contributed by atoms with van der Waals surface area (Å²) in [6, 6.07) is 75.4. The van der Waals surface area contributed by atoms with Gasteiger partial charge in [0.05, 0.1) is 11.1 Å². The van der Waals surface area contributed by atoms with Crippen LogP contribution < -0.4 is 4.90 Å². The van der Waals surface area contributed by atoms with Crippen molar-refractivity contribution in [3.8, 4) is 33.4 Å². The van der Waals surface area contributed by atoms with Crippen molar-refractivity contribution < 1.29 is 0 Å². The minimum absolute atomic E-state index is 0.130. The fraction of sp³-hybridized carbons (Fsp3) is 0.0877. The number of rotatable bonds is 5. The van der Waals surface area contributed by atoms with Crippen LogP contribution in [-0.2, 0) is 17.3 Å². The number of anilines is 3. The molecule has 0 amide bonds. The van der Waals surface area contributed by atoms with E-state index in [9.17, 15) is 0 Å². The first-order valence-corrected chi connectivity index (χ1v) is 20.6. The van der Waals surface area contributed by atoms with Crippen molar-refractivity contribution in [1.82, 2.24) is 0 Å². The third-order valence-electron chi connectivity index (χ3n) is 13.5. The quantitative estimate of drug-likeness (QED) is 0.170. The lowest BCUT2D eigenvalue weighted by atomic mass is 9.66. The van der Waals surface area contributed by atoms with Crippen LogP contribution in [0.3, 0.4) is 0 Å². The Hall–Kier alpha value is -6.96. The molecule has 3 aliphatic carbocycles. The molecule has 58 heavy (non-hydrogen) atoms. The first kappa shape index (κ1) is 33.2. The van der Waals surface area contributed by atoms with Gasteiger partial charge in [-0.15, -0.1) is 0 Å². The summed E-state index contributed by atoms with van der Waals surface area (Å²) in [5.74, 6) is 0. The molecule has 12 rings (SSSR count). The number of hydrogen-bond donors (Lipinski definition) is 0. The van der Waals surface area contributed by atoms with Gasteiger partial charge < -0.3 is 4.90 Å². The van der Waals surface area contributed by atoms with Gasteiger partial charge in [0.15, 0.2) is 0 Å². The second-order valence-corrected chi connectivity index (χ2v) is 16.8. The summed E-state index contributed by atoms with van der Waals surface area (Å²) in [4.78, 5) is 2.56. The Kier molecular flexibility index (Phi) is 7.02. The van der Waals surface area contributed by atoms with Crippen molar-refractivity contribution in [2.45, 2.75) is 31.1 Å². The Morgan fingerprint density at radius 3 is 1.74 bits per heavy atom. The monoisotopic (exact) mass is 739 g/mol. The number of benzene rings is 9. The lowest BCUT2D eigenvalue weighted by Gasteiger charge is -2.36. The van der Waals surface area contributed by atoms with Gasteiger partial charge >= 0.3 is 0 Å². The molecule has 0 N–H and O–H groups in total. The molecule has 0 heterocycles. The molecule has 1 nitrogen and oxygen atoms in total. The second kappa shape index (κ2) is 12.3. The Balaban J connectivity index is 1.17. The Morgan fingerprint density at radius 1 is 0.414 bits per heavy atom. The van der Waals surface area contributed by atoms with Gasteiger partial charge in [0.1, 0.15) is 0 Å². The van der Waals surface area contributed by atoms with Crippen molar-refractivity contribution in [3.63, 3.8) is 0 Å². The third-order valence-corrected chi connectivity index (χ3v) is 13.5. The zero-order chi connectivity index (χ0) is 38.6. The van der Waals surface area contributed by atoms with Gasteiger partial charge in [0.2, 0.25) is 0 Å². The molecular weight excluding hydrogens is 699 g/mol. The molecule has 0 aromatic heterocycles. The van der Waals surface area contributed by atoms with E-state index >= 15 is 0 Å². The van der Waals surface area contributed by atoms with E-state index in [0.717, 1.165) is 12.1 Å². The molecule has 9 aromatic rings. The Labute approximate surface area is 340 Å². The Bertz CT molecular complexity index is 3080. The van der Waals surface area contributed by atoms with Gasteiger partial charge in [-0.1, -0.05) is 184 Å². The van der Waals surface area contributed by atoms with Crippen LogP contribution in [0.4, 0.5) is 17.1 Å². The fourth-order valence-corrected chi connectivity index (χ4v) is 11.0. The molecule has 0 radical (unpaired) electrons. The second-order valence-electron chi connectivity index (χ2n) is 16.8. The molecule has 9 aromatic carbocycles. The molecule has 0 saturated heterocycles. The smallest absolute Gasteiger partial charge is 0.0720 e. The van der Waals surface area contributed by atoms with Crippen molar-refractivity contribution >= 4 is 27.8 Å². The number of fused-ring (bicyclic) bond motifs is 11. The summed E-state index contributed by atoms with van der Waals surface area (Å²) >= 11 is 0. The fourth-order valence-electron chi connectivity index (χ4n) is 11.0. The highest BCUT2D eigenvalue weighted by atomic mass is 15.1. The molecule has 0 spiro atoms. The topological polar surface area (TPSA) is 3.24 Å². The molecule has 274 valence electrons. The summed E-state index contributed by atoms with van der Waals surface area (Å²) in [5, 5.41) is 2.55. The van der Waals surface area contributed by atoms with Crippen molar-refractivity contribution in [2.75, 3.05) is 4.90 Å². The van der Waals surface area contributed by atoms with Crippen LogP contribution in [0.5, 0.6) is 0 Å². The molecular formula is C57H41N. The van der Waals surface area contributed by atoms with E-state index in [1.54, 1.807) is 0 Å². The van der Waals surface area contributed by atoms with E-state index in [1.165, 1.54) is 100 Å². The first-order chi connectivity index (χ1) is 28.5. The highest BCUT2D eigenvalue weighted by Gasteiger charge is 2.47. The zero-order valence-electron chi connectivity index (χ0n) is 32.7. The molecule has 0 unspecified atom stereocenters. The first-order valence-electron chi connectivity index (χ1n) is 20.6. The molecule has 0 fully saturated rings. The number of nitrogens with zero attached hydrogens (tertiary/aromatic N) is 1. The minimum Gasteiger partial charge on any atom is -0.310 e. The van der Waals surface area contributed by atoms with E-state index < -0.39 is 5.41 Å². The van der Waals surface area contributed by atoms with E-state index in [1.807, 2.05) is 0 Å². The minimum atomic E-state index is -0.553. The van der Waals surface area contributed by atoms with Crippen molar-refractivity contribution in [3.05, 3.63) is 245 Å². The highest BCUT2D eigenvalue weighted by Crippen LogP contribution is 2.60. The molecule has 0 bridgehead atoms. The van der Waals surface area contributed by atoms with E-state index in [0.29, 0.717) is 0 Å². The van der Waals surface area contributed by atoms with Crippen LogP contribution in [-0.4, -0.2) is 0 Å².